The smallest absolute Gasteiger partial charge is 0.210 e. The number of para-hydroxylation sites is 2. The van der Waals surface area contributed by atoms with Crippen LogP contribution in [0.1, 0.15) is 22.8 Å². The molecule has 0 saturated heterocycles. The fourth-order valence-corrected chi connectivity index (χ4v) is 3.85. The van der Waals surface area contributed by atoms with Crippen molar-refractivity contribution in [3.05, 3.63) is 83.2 Å². The van der Waals surface area contributed by atoms with Crippen LogP contribution in [-0.4, -0.2) is 24.7 Å². The number of halogens is 1. The molecule has 0 unspecified atom stereocenters. The first-order valence-electron chi connectivity index (χ1n) is 9.32. The molecule has 0 atom stereocenters. The molecule has 10 heteroatoms. The number of nitrogens with two attached hydrogens (primary N) is 1. The first-order valence-corrected chi connectivity index (χ1v) is 10.3. The summed E-state index contributed by atoms with van der Waals surface area (Å²) in [6.07, 6.45) is 0. The number of hydrogen-bond donors (Lipinski definition) is 1. The number of rotatable bonds is 7. The van der Waals surface area contributed by atoms with Crippen LogP contribution < -0.4 is 10.6 Å². The Balaban J connectivity index is 1.52. The quantitative estimate of drug-likeness (QED) is 0.350. The third kappa shape index (κ3) is 4.22. The number of benzene rings is 2. The predicted octanol–water partition coefficient (Wildman–Crippen LogP) is 3.37. The van der Waals surface area contributed by atoms with Crippen LogP contribution >= 0.6 is 11.8 Å². The highest BCUT2D eigenvalue weighted by Crippen LogP contribution is 2.26. The average molecular weight is 435 g/mol. The SMILES string of the molecule is Cc1nn(-c2ccccc2)c(CSc2nnc(COc3ccccc3F)n2N)c1C#N. The van der Waals surface area contributed by atoms with Crippen molar-refractivity contribution in [1.29, 1.82) is 5.26 Å². The third-order valence-electron chi connectivity index (χ3n) is 4.54. The number of nitriles is 1. The summed E-state index contributed by atoms with van der Waals surface area (Å²) in [6.45, 7) is 1.77. The van der Waals surface area contributed by atoms with Crippen LogP contribution in [-0.2, 0) is 12.4 Å². The van der Waals surface area contributed by atoms with E-state index < -0.39 is 5.82 Å². The number of nitrogen functional groups attached to an aromatic ring is 1. The van der Waals surface area contributed by atoms with Gasteiger partial charge in [0.1, 0.15) is 12.7 Å². The highest BCUT2D eigenvalue weighted by molar-refractivity contribution is 7.98. The highest BCUT2D eigenvalue weighted by Gasteiger charge is 2.19. The van der Waals surface area contributed by atoms with E-state index in [0.717, 1.165) is 11.4 Å². The van der Waals surface area contributed by atoms with Gasteiger partial charge in [0.15, 0.2) is 17.4 Å². The second-order valence-corrected chi connectivity index (χ2v) is 7.49. The van der Waals surface area contributed by atoms with Gasteiger partial charge in [0.25, 0.3) is 0 Å². The summed E-state index contributed by atoms with van der Waals surface area (Å²) in [7, 11) is 0. The normalized spacial score (nSPS) is 10.7. The summed E-state index contributed by atoms with van der Waals surface area (Å²) in [5, 5.41) is 22.7. The highest BCUT2D eigenvalue weighted by atomic mass is 32.2. The largest absolute Gasteiger partial charge is 0.482 e. The van der Waals surface area contributed by atoms with Gasteiger partial charge in [-0.3, -0.25) is 0 Å². The van der Waals surface area contributed by atoms with E-state index in [0.29, 0.717) is 28.0 Å². The van der Waals surface area contributed by atoms with Crippen LogP contribution in [0.25, 0.3) is 5.69 Å². The molecule has 0 spiro atoms. The molecule has 0 fully saturated rings. The van der Waals surface area contributed by atoms with Gasteiger partial charge in [-0.15, -0.1) is 10.2 Å². The Labute approximate surface area is 182 Å². The van der Waals surface area contributed by atoms with Gasteiger partial charge < -0.3 is 10.6 Å². The molecule has 2 aromatic carbocycles. The number of ether oxygens (including phenoxy) is 1. The van der Waals surface area contributed by atoms with Crippen LogP contribution in [0.4, 0.5) is 4.39 Å². The predicted molar refractivity (Wildman–Crippen MR) is 113 cm³/mol. The second-order valence-electron chi connectivity index (χ2n) is 6.54. The average Bonchev–Trinajstić information content (AvgIpc) is 3.30. The summed E-state index contributed by atoms with van der Waals surface area (Å²) < 4.78 is 22.2. The van der Waals surface area contributed by atoms with Crippen molar-refractivity contribution in [1.82, 2.24) is 24.7 Å². The minimum Gasteiger partial charge on any atom is -0.482 e. The van der Waals surface area contributed by atoms with E-state index >= 15 is 0 Å². The first-order chi connectivity index (χ1) is 15.1. The van der Waals surface area contributed by atoms with Crippen LogP contribution in [0.15, 0.2) is 59.8 Å². The number of hydrogen-bond acceptors (Lipinski definition) is 7. The molecule has 31 heavy (non-hydrogen) atoms. The Morgan fingerprint density at radius 2 is 1.87 bits per heavy atom. The van der Waals surface area contributed by atoms with Gasteiger partial charge in [0, 0.05) is 5.75 Å². The van der Waals surface area contributed by atoms with Crippen molar-refractivity contribution in [2.24, 2.45) is 0 Å². The molecule has 4 rings (SSSR count). The minimum absolute atomic E-state index is 0.0322. The van der Waals surface area contributed by atoms with Crippen molar-refractivity contribution in [2.45, 2.75) is 24.4 Å². The molecule has 0 radical (unpaired) electrons. The summed E-state index contributed by atoms with van der Waals surface area (Å²) in [4.78, 5) is 0. The van der Waals surface area contributed by atoms with Crippen molar-refractivity contribution >= 4 is 11.8 Å². The van der Waals surface area contributed by atoms with Gasteiger partial charge in [-0.1, -0.05) is 42.1 Å². The van der Waals surface area contributed by atoms with Crippen LogP contribution in [0, 0.1) is 24.1 Å². The molecule has 2 aromatic heterocycles. The molecule has 0 amide bonds. The van der Waals surface area contributed by atoms with Gasteiger partial charge in [0.2, 0.25) is 5.16 Å². The van der Waals surface area contributed by atoms with E-state index in [1.165, 1.54) is 28.6 Å². The molecular formula is C21H18FN7OS. The lowest BCUT2D eigenvalue weighted by Crippen LogP contribution is -2.16. The fraction of sp³-hybridized carbons (Fsp3) is 0.143. The molecule has 0 bridgehead atoms. The maximum atomic E-state index is 13.7. The Morgan fingerprint density at radius 3 is 2.61 bits per heavy atom. The molecule has 0 aliphatic carbocycles. The fourth-order valence-electron chi connectivity index (χ4n) is 2.98. The molecule has 2 heterocycles. The van der Waals surface area contributed by atoms with E-state index in [2.05, 4.69) is 21.4 Å². The van der Waals surface area contributed by atoms with Crippen molar-refractivity contribution in [3.63, 3.8) is 0 Å². The molecule has 4 aromatic rings. The first kappa shape index (κ1) is 20.4. The van der Waals surface area contributed by atoms with Gasteiger partial charge in [-0.05, 0) is 31.2 Å². The van der Waals surface area contributed by atoms with Crippen molar-refractivity contribution < 1.29 is 9.13 Å². The lowest BCUT2D eigenvalue weighted by atomic mass is 10.2. The van der Waals surface area contributed by atoms with Crippen molar-refractivity contribution in [3.8, 4) is 17.5 Å². The zero-order valence-corrected chi connectivity index (χ0v) is 17.4. The van der Waals surface area contributed by atoms with Gasteiger partial charge in [0.05, 0.1) is 22.6 Å². The van der Waals surface area contributed by atoms with E-state index in [-0.39, 0.29) is 12.4 Å². The van der Waals surface area contributed by atoms with Crippen molar-refractivity contribution in [2.75, 3.05) is 5.84 Å². The van der Waals surface area contributed by atoms with Crippen LogP contribution in [0.5, 0.6) is 5.75 Å². The van der Waals surface area contributed by atoms with E-state index in [9.17, 15) is 9.65 Å². The number of nitrogens with zero attached hydrogens (tertiary/aromatic N) is 6. The standard InChI is InChI=1S/C21H18FN7OS/c1-14-16(11-23)18(29(27-14)15-7-3-2-4-8-15)13-31-21-26-25-20(28(21)24)12-30-19-10-6-5-9-17(19)22/h2-10H,12-13,24H2,1H3. The Hall–Kier alpha value is -3.84. The monoisotopic (exact) mass is 435 g/mol. The van der Waals surface area contributed by atoms with Crippen LogP contribution in [0.3, 0.4) is 0 Å². The Bertz CT molecular complexity index is 1250. The molecular weight excluding hydrogens is 417 g/mol. The lowest BCUT2D eigenvalue weighted by Gasteiger charge is -2.08. The molecule has 0 aliphatic rings. The summed E-state index contributed by atoms with van der Waals surface area (Å²) >= 11 is 1.32. The summed E-state index contributed by atoms with van der Waals surface area (Å²) in [6, 6.07) is 17.9. The lowest BCUT2D eigenvalue weighted by molar-refractivity contribution is 0.277. The van der Waals surface area contributed by atoms with Gasteiger partial charge >= 0.3 is 0 Å². The number of aromatic nitrogens is 5. The number of thioether (sulfide) groups is 1. The van der Waals surface area contributed by atoms with Gasteiger partial charge in [-0.25, -0.2) is 13.7 Å². The maximum Gasteiger partial charge on any atom is 0.210 e. The zero-order valence-electron chi connectivity index (χ0n) is 16.6. The maximum absolute atomic E-state index is 13.7. The Kier molecular flexibility index (Phi) is 5.86. The zero-order chi connectivity index (χ0) is 21.8. The third-order valence-corrected chi connectivity index (χ3v) is 5.49. The molecule has 156 valence electrons. The van der Waals surface area contributed by atoms with E-state index in [4.69, 9.17) is 10.6 Å². The summed E-state index contributed by atoms with van der Waals surface area (Å²) in [5.74, 6) is 6.50. The van der Waals surface area contributed by atoms with E-state index in [1.807, 2.05) is 30.3 Å². The molecule has 2 N–H and O–H groups in total. The number of aryl methyl sites for hydroxylation is 1. The Morgan fingerprint density at radius 1 is 1.13 bits per heavy atom. The molecule has 0 aliphatic heterocycles. The molecule has 8 nitrogen and oxygen atoms in total. The summed E-state index contributed by atoms with van der Waals surface area (Å²) in [5.41, 5.74) is 2.76. The topological polar surface area (TPSA) is 108 Å². The second kappa shape index (κ2) is 8.89. The van der Waals surface area contributed by atoms with Gasteiger partial charge in [-0.2, -0.15) is 10.4 Å². The van der Waals surface area contributed by atoms with Crippen LogP contribution in [0.2, 0.25) is 0 Å². The molecule has 0 saturated carbocycles. The van der Waals surface area contributed by atoms with E-state index in [1.54, 1.807) is 23.7 Å². The minimum atomic E-state index is -0.464.